The highest BCUT2D eigenvalue weighted by Crippen LogP contribution is 2.33. The Morgan fingerprint density at radius 3 is 2.75 bits per heavy atom. The van der Waals surface area contributed by atoms with Gasteiger partial charge in [0.05, 0.1) is 5.69 Å². The maximum Gasteiger partial charge on any atom is 0.354 e. The summed E-state index contributed by atoms with van der Waals surface area (Å²) < 4.78 is 1.64. The molecule has 8 nitrogen and oxygen atoms in total. The Hall–Kier alpha value is -3.40. The number of hydrogen-bond donors (Lipinski definition) is 5. The number of nitrogens with two attached hydrogens (primary N) is 2. The van der Waals surface area contributed by atoms with Gasteiger partial charge in [-0.25, -0.2) is 4.79 Å². The highest BCUT2D eigenvalue weighted by molar-refractivity contribution is 8.13. The maximum atomic E-state index is 13.2. The van der Waals surface area contributed by atoms with E-state index in [0.717, 1.165) is 73.9 Å². The first kappa shape index (κ1) is 30.6. The van der Waals surface area contributed by atoms with E-state index in [1.54, 1.807) is 4.57 Å². The van der Waals surface area contributed by atoms with Crippen molar-refractivity contribution in [2.24, 2.45) is 11.5 Å². The molecule has 3 atom stereocenters. The minimum absolute atomic E-state index is 0.184. The van der Waals surface area contributed by atoms with Gasteiger partial charge in [-0.1, -0.05) is 30.3 Å². The van der Waals surface area contributed by atoms with Gasteiger partial charge in [0.25, 0.3) is 0 Å². The molecule has 1 saturated heterocycles. The van der Waals surface area contributed by atoms with Crippen LogP contribution in [-0.2, 0) is 19.3 Å². The van der Waals surface area contributed by atoms with Crippen molar-refractivity contribution >= 4 is 28.0 Å². The zero-order valence-electron chi connectivity index (χ0n) is 25.7. The van der Waals surface area contributed by atoms with Crippen LogP contribution < -0.4 is 22.5 Å². The van der Waals surface area contributed by atoms with Gasteiger partial charge in [-0.3, -0.25) is 9.98 Å². The van der Waals surface area contributed by atoms with E-state index in [1.165, 1.54) is 58.8 Å². The second-order valence-electron chi connectivity index (χ2n) is 12.7. The molecule has 44 heavy (non-hydrogen) atoms. The largest absolute Gasteiger partial charge is 0.379 e. The number of nitrogens with one attached hydrogen (secondary N) is 3. The number of aromatic nitrogens is 3. The molecule has 0 saturated carbocycles. The molecule has 0 radical (unpaired) electrons. The molecule has 6 rings (SSSR count). The van der Waals surface area contributed by atoms with E-state index in [0.29, 0.717) is 11.7 Å². The topological polar surface area (TPSA) is 139 Å². The molecule has 232 valence electrons. The molecule has 0 bridgehead atoms. The molecule has 3 heterocycles. The molecule has 1 aliphatic carbocycles. The van der Waals surface area contributed by atoms with Gasteiger partial charge in [-0.05, 0) is 129 Å². The third kappa shape index (κ3) is 7.11. The molecular weight excluding hydrogens is 567 g/mol. The van der Waals surface area contributed by atoms with Crippen LogP contribution in [0.4, 0.5) is 0 Å². The first-order valence-corrected chi connectivity index (χ1v) is 17.2. The molecule has 2 aromatic carbocycles. The number of H-pyrrole nitrogens is 1. The number of nitrogens with zero attached hydrogens (tertiary/aromatic N) is 2. The summed E-state index contributed by atoms with van der Waals surface area (Å²) in [6, 6.07) is 16.0. The predicted molar refractivity (Wildman–Crippen MR) is 183 cm³/mol. The van der Waals surface area contributed by atoms with E-state index in [1.807, 2.05) is 18.3 Å². The fourth-order valence-electron chi connectivity index (χ4n) is 6.98. The second-order valence-corrected chi connectivity index (χ2v) is 13.8. The summed E-state index contributed by atoms with van der Waals surface area (Å²) >= 11 is 1.41. The number of hydrogen-bond acceptors (Lipinski definition) is 6. The monoisotopic (exact) mass is 611 g/mol. The number of piperidine rings is 1. The number of rotatable bonds is 10. The molecule has 7 N–H and O–H groups in total. The van der Waals surface area contributed by atoms with Crippen molar-refractivity contribution in [3.05, 3.63) is 81.4 Å². The lowest BCUT2D eigenvalue weighted by molar-refractivity contribution is 0.320. The Balaban J connectivity index is 1.22. The van der Waals surface area contributed by atoms with E-state index in [2.05, 4.69) is 52.5 Å². The lowest BCUT2D eigenvalue weighted by Gasteiger charge is -2.31. The predicted octanol–water partition coefficient (Wildman–Crippen LogP) is 6.13. The quantitative estimate of drug-likeness (QED) is 0.108. The lowest BCUT2D eigenvalue weighted by atomic mass is 9.84. The Morgan fingerprint density at radius 1 is 1.14 bits per heavy atom. The summed E-state index contributed by atoms with van der Waals surface area (Å²) in [4.78, 5) is 21.0. The third-order valence-corrected chi connectivity index (χ3v) is 10.0. The summed E-state index contributed by atoms with van der Waals surface area (Å²) in [5.74, 6) is 0.861. The Kier molecular flexibility index (Phi) is 9.54. The normalized spacial score (nSPS) is 19.1. The summed E-state index contributed by atoms with van der Waals surface area (Å²) in [6.07, 6.45) is 14.3. The van der Waals surface area contributed by atoms with Crippen molar-refractivity contribution in [3.8, 4) is 16.9 Å². The van der Waals surface area contributed by atoms with E-state index < -0.39 is 0 Å². The van der Waals surface area contributed by atoms with E-state index in [9.17, 15) is 4.79 Å². The molecule has 1 fully saturated rings. The molecule has 0 spiro atoms. The number of amidine groups is 1. The SMILES string of the molecule is C[C@H](N)CCCc1cc(-c2cc3cn(-c4ccc([C@@H]5CCC[C@@H](CCSC(=N)N)N5)cc4)c(=O)nc3[nH]2)cc2c1CCCC2. The number of aryl methyl sites for hydroxylation is 2. The smallest absolute Gasteiger partial charge is 0.354 e. The van der Waals surface area contributed by atoms with Crippen LogP contribution in [-0.4, -0.2) is 37.5 Å². The Morgan fingerprint density at radius 2 is 1.95 bits per heavy atom. The molecular formula is C35H45N7OS. The standard InChI is InChI=1S/C35H45N7OS/c1-22(36)6-4-8-25-19-26(18-24-7-2-3-10-30(24)25)32-20-27-21-42(35(43)41-33(27)40-32)29-14-12-23(13-15-29)31-11-5-9-28(39-31)16-17-44-34(37)38/h12-15,18-22,28,31,39H,2-11,16-17,36H2,1H3,(H3,37,38)(H,40,41,43)/t22-,28-,31-/m0/s1. The van der Waals surface area contributed by atoms with Crippen LogP contribution in [0.1, 0.15) is 86.6 Å². The van der Waals surface area contributed by atoms with Gasteiger partial charge < -0.3 is 21.8 Å². The average Bonchev–Trinajstić information content (AvgIpc) is 3.43. The lowest BCUT2D eigenvalue weighted by Crippen LogP contribution is -2.37. The van der Waals surface area contributed by atoms with Gasteiger partial charge in [0, 0.05) is 41.2 Å². The van der Waals surface area contributed by atoms with Gasteiger partial charge in [0.15, 0.2) is 5.17 Å². The van der Waals surface area contributed by atoms with Crippen molar-refractivity contribution < 1.29 is 0 Å². The fraction of sp³-hybridized carbons (Fsp3) is 0.457. The van der Waals surface area contributed by atoms with E-state index in [-0.39, 0.29) is 22.9 Å². The summed E-state index contributed by atoms with van der Waals surface area (Å²) in [5.41, 5.74) is 20.5. The fourth-order valence-corrected chi connectivity index (χ4v) is 7.60. The third-order valence-electron chi connectivity index (χ3n) is 9.26. The molecule has 0 unspecified atom stereocenters. The summed E-state index contributed by atoms with van der Waals surface area (Å²) in [7, 11) is 0. The first-order valence-electron chi connectivity index (χ1n) is 16.2. The highest BCUT2D eigenvalue weighted by Gasteiger charge is 2.22. The van der Waals surface area contributed by atoms with Gasteiger partial charge in [-0.2, -0.15) is 4.98 Å². The van der Waals surface area contributed by atoms with Crippen LogP contribution in [0.25, 0.3) is 28.0 Å². The maximum absolute atomic E-state index is 13.2. The second kappa shape index (κ2) is 13.7. The Bertz CT molecular complexity index is 1670. The van der Waals surface area contributed by atoms with Crippen molar-refractivity contribution in [1.82, 2.24) is 19.9 Å². The highest BCUT2D eigenvalue weighted by atomic mass is 32.2. The molecule has 2 aromatic heterocycles. The van der Waals surface area contributed by atoms with Crippen molar-refractivity contribution in [2.45, 2.75) is 95.7 Å². The molecule has 9 heteroatoms. The van der Waals surface area contributed by atoms with E-state index in [4.69, 9.17) is 16.9 Å². The molecule has 0 amide bonds. The minimum atomic E-state index is -0.292. The van der Waals surface area contributed by atoms with Crippen LogP contribution in [0.3, 0.4) is 0 Å². The summed E-state index contributed by atoms with van der Waals surface area (Å²) in [5, 5.41) is 12.3. The summed E-state index contributed by atoms with van der Waals surface area (Å²) in [6.45, 7) is 2.08. The zero-order valence-corrected chi connectivity index (χ0v) is 26.5. The number of thioether (sulfide) groups is 1. The van der Waals surface area contributed by atoms with E-state index >= 15 is 0 Å². The molecule has 1 aliphatic heterocycles. The van der Waals surface area contributed by atoms with Crippen LogP contribution in [0.2, 0.25) is 0 Å². The van der Waals surface area contributed by atoms with Crippen LogP contribution in [0, 0.1) is 5.41 Å². The first-order chi connectivity index (χ1) is 21.3. The minimum Gasteiger partial charge on any atom is -0.379 e. The number of aromatic amines is 1. The van der Waals surface area contributed by atoms with Gasteiger partial charge in [0.2, 0.25) is 0 Å². The van der Waals surface area contributed by atoms with Gasteiger partial charge >= 0.3 is 5.69 Å². The van der Waals surface area contributed by atoms with Crippen LogP contribution >= 0.6 is 11.8 Å². The number of benzene rings is 2. The van der Waals surface area contributed by atoms with Crippen LogP contribution in [0.15, 0.2) is 53.5 Å². The van der Waals surface area contributed by atoms with Gasteiger partial charge in [0.1, 0.15) is 5.65 Å². The average molecular weight is 612 g/mol. The molecule has 4 aromatic rings. The van der Waals surface area contributed by atoms with Crippen molar-refractivity contribution in [2.75, 3.05) is 5.75 Å². The Labute approximate surface area is 263 Å². The van der Waals surface area contributed by atoms with Crippen molar-refractivity contribution in [1.29, 1.82) is 5.41 Å². The zero-order chi connectivity index (χ0) is 30.6. The van der Waals surface area contributed by atoms with Gasteiger partial charge in [-0.15, -0.1) is 0 Å². The molecule has 2 aliphatic rings. The van der Waals surface area contributed by atoms with Crippen molar-refractivity contribution in [3.63, 3.8) is 0 Å². The van der Waals surface area contributed by atoms with Crippen LogP contribution in [0.5, 0.6) is 0 Å². The number of fused-ring (bicyclic) bond motifs is 2.